The highest BCUT2D eigenvalue weighted by Gasteiger charge is 2.42. The van der Waals surface area contributed by atoms with Crippen molar-refractivity contribution in [2.75, 3.05) is 11.9 Å². The first-order valence-electron chi connectivity index (χ1n) is 12.4. The van der Waals surface area contributed by atoms with E-state index in [1.807, 2.05) is 0 Å². The first kappa shape index (κ1) is 28.7. The van der Waals surface area contributed by atoms with Gasteiger partial charge in [0, 0.05) is 41.1 Å². The number of allylic oxidation sites excluding steroid dienone is 2. The molecule has 0 saturated heterocycles. The Hall–Kier alpha value is -2.55. The molecule has 2 unspecified atom stereocenters. The molecule has 1 aliphatic rings. The van der Waals surface area contributed by atoms with Crippen molar-refractivity contribution >= 4 is 39.2 Å². The van der Waals surface area contributed by atoms with E-state index >= 15 is 0 Å². The second-order valence-corrected chi connectivity index (χ2v) is 9.58. The molecule has 35 heavy (non-hydrogen) atoms. The number of unbranched alkanes of at least 4 members (excludes halogenated alkanes) is 7. The monoisotopic (exact) mass is 549 g/mol. The number of amidine groups is 1. The van der Waals surface area contributed by atoms with Crippen LogP contribution in [-0.4, -0.2) is 34.4 Å². The van der Waals surface area contributed by atoms with Crippen molar-refractivity contribution in [1.29, 1.82) is 0 Å². The van der Waals surface area contributed by atoms with Gasteiger partial charge >= 0.3 is 5.97 Å². The molecule has 8 nitrogen and oxygen atoms in total. The molecule has 0 radical (unpaired) electrons. The molecule has 0 saturated carbocycles. The van der Waals surface area contributed by atoms with Gasteiger partial charge in [-0.25, -0.2) is 4.99 Å². The van der Waals surface area contributed by atoms with Crippen LogP contribution in [0.15, 0.2) is 40.5 Å². The molecule has 2 rings (SSSR count). The summed E-state index contributed by atoms with van der Waals surface area (Å²) in [4.78, 5) is 41.4. The molecule has 2 N–H and O–H groups in total. The maximum Gasteiger partial charge on any atom is 0.317 e. The molecule has 1 aliphatic heterocycles. The Bertz CT molecular complexity index is 960. The van der Waals surface area contributed by atoms with Crippen LogP contribution in [0.3, 0.4) is 0 Å². The molecular weight excluding hydrogens is 514 g/mol. The van der Waals surface area contributed by atoms with Crippen molar-refractivity contribution in [3.63, 3.8) is 0 Å². The number of non-ortho nitro benzene ring substituents is 1. The van der Waals surface area contributed by atoms with Gasteiger partial charge in [-0.1, -0.05) is 66.6 Å². The fourth-order valence-corrected chi connectivity index (χ4v) is 4.91. The fourth-order valence-electron chi connectivity index (χ4n) is 4.52. The number of benzene rings is 1. The van der Waals surface area contributed by atoms with Gasteiger partial charge in [-0.3, -0.25) is 19.7 Å². The standard InChI is InChI=1S/C26H36BrN3O5/c1-3-35-26(32)24-23(19-13-12-14-20(17-19)30(33)34)22(18(2)29-25(24)28)21(31)15-10-8-6-4-5-7-9-11-16-27/h12-14,17,23-24H,3-11,15-16H2,1-2H3,(H2,28,29). The maximum absolute atomic E-state index is 13.4. The molecule has 1 aromatic carbocycles. The molecule has 0 aliphatic carbocycles. The topological polar surface area (TPSA) is 125 Å². The number of aliphatic imine (C=N–C) groups is 1. The zero-order valence-corrected chi connectivity index (χ0v) is 22.2. The number of nitrogens with two attached hydrogens (primary N) is 1. The molecule has 0 spiro atoms. The molecule has 2 atom stereocenters. The predicted octanol–water partition coefficient (Wildman–Crippen LogP) is 5.98. The van der Waals surface area contributed by atoms with Crippen molar-refractivity contribution in [3.05, 3.63) is 51.2 Å². The molecule has 0 fully saturated rings. The van der Waals surface area contributed by atoms with Crippen LogP contribution in [0, 0.1) is 16.0 Å². The SMILES string of the molecule is CCOC(=O)C1C(N)=NC(C)=C(C(=O)CCCCCCCCCCBr)C1c1cccc([N+](=O)[O-])c1. The van der Waals surface area contributed by atoms with E-state index in [0.717, 1.165) is 31.0 Å². The molecule has 9 heteroatoms. The molecule has 192 valence electrons. The second-order valence-electron chi connectivity index (χ2n) is 8.79. The normalized spacial score (nSPS) is 17.7. The van der Waals surface area contributed by atoms with Crippen LogP contribution in [-0.2, 0) is 14.3 Å². The summed E-state index contributed by atoms with van der Waals surface area (Å²) in [5.74, 6) is -2.45. The van der Waals surface area contributed by atoms with E-state index in [2.05, 4.69) is 20.9 Å². The summed E-state index contributed by atoms with van der Waals surface area (Å²) in [6.07, 6.45) is 9.12. The van der Waals surface area contributed by atoms with Crippen molar-refractivity contribution in [1.82, 2.24) is 0 Å². The Morgan fingerprint density at radius 2 is 1.74 bits per heavy atom. The lowest BCUT2D eigenvalue weighted by atomic mass is 9.75. The number of ether oxygens (including phenoxy) is 1. The third-order valence-electron chi connectivity index (χ3n) is 6.22. The average Bonchev–Trinajstić information content (AvgIpc) is 2.82. The van der Waals surface area contributed by atoms with Gasteiger partial charge in [-0.2, -0.15) is 0 Å². The zero-order chi connectivity index (χ0) is 25.8. The number of alkyl halides is 1. The number of hydrogen-bond acceptors (Lipinski definition) is 7. The van der Waals surface area contributed by atoms with Crippen LogP contribution in [0.2, 0.25) is 0 Å². The van der Waals surface area contributed by atoms with Gasteiger partial charge in [0.2, 0.25) is 0 Å². The van der Waals surface area contributed by atoms with E-state index in [0.29, 0.717) is 23.3 Å². The Labute approximate surface area is 215 Å². The molecular formula is C26H36BrN3O5. The van der Waals surface area contributed by atoms with E-state index in [1.165, 1.54) is 37.8 Å². The number of carbonyl (C=O) groups excluding carboxylic acids is 2. The molecule has 0 bridgehead atoms. The van der Waals surface area contributed by atoms with Gasteiger partial charge in [0.25, 0.3) is 5.69 Å². The highest BCUT2D eigenvalue weighted by atomic mass is 79.9. The third-order valence-corrected chi connectivity index (χ3v) is 6.78. The van der Waals surface area contributed by atoms with Gasteiger partial charge < -0.3 is 10.5 Å². The number of ketones is 1. The number of esters is 1. The van der Waals surface area contributed by atoms with Gasteiger partial charge in [0.15, 0.2) is 5.78 Å². The summed E-state index contributed by atoms with van der Waals surface area (Å²) in [5.41, 5.74) is 7.33. The van der Waals surface area contributed by atoms with E-state index in [9.17, 15) is 19.7 Å². The summed E-state index contributed by atoms with van der Waals surface area (Å²) in [6, 6.07) is 6.00. The Morgan fingerprint density at radius 3 is 2.34 bits per heavy atom. The molecule has 1 aromatic rings. The fraction of sp³-hybridized carbons (Fsp3) is 0.577. The van der Waals surface area contributed by atoms with Gasteiger partial charge in [-0.15, -0.1) is 0 Å². The Balaban J connectivity index is 2.20. The smallest absolute Gasteiger partial charge is 0.317 e. The van der Waals surface area contributed by atoms with E-state index in [1.54, 1.807) is 26.0 Å². The number of nitro groups is 1. The van der Waals surface area contributed by atoms with Crippen LogP contribution in [0.25, 0.3) is 0 Å². The first-order chi connectivity index (χ1) is 16.8. The van der Waals surface area contributed by atoms with E-state index < -0.39 is 22.7 Å². The summed E-state index contributed by atoms with van der Waals surface area (Å²) in [5, 5.41) is 12.4. The predicted molar refractivity (Wildman–Crippen MR) is 141 cm³/mol. The largest absolute Gasteiger partial charge is 0.465 e. The third kappa shape index (κ3) is 8.26. The van der Waals surface area contributed by atoms with Crippen molar-refractivity contribution in [2.45, 2.75) is 77.6 Å². The summed E-state index contributed by atoms with van der Waals surface area (Å²) in [6.45, 7) is 3.52. The lowest BCUT2D eigenvalue weighted by molar-refractivity contribution is -0.384. The second kappa shape index (κ2) is 14.8. The lowest BCUT2D eigenvalue weighted by Gasteiger charge is -2.31. The quantitative estimate of drug-likeness (QED) is 0.0942. The van der Waals surface area contributed by atoms with Crippen LogP contribution in [0.4, 0.5) is 5.69 Å². The van der Waals surface area contributed by atoms with E-state index in [4.69, 9.17) is 10.5 Å². The number of rotatable bonds is 15. The number of halogens is 1. The van der Waals surface area contributed by atoms with Gasteiger partial charge in [0.1, 0.15) is 11.8 Å². The van der Waals surface area contributed by atoms with Crippen molar-refractivity contribution in [2.24, 2.45) is 16.6 Å². The highest BCUT2D eigenvalue weighted by Crippen LogP contribution is 2.40. The van der Waals surface area contributed by atoms with E-state index in [-0.39, 0.29) is 23.9 Å². The minimum atomic E-state index is -1.01. The average molecular weight is 550 g/mol. The number of hydrogen-bond donors (Lipinski definition) is 1. The Kier molecular flexibility index (Phi) is 12.1. The lowest BCUT2D eigenvalue weighted by Crippen LogP contribution is -2.41. The highest BCUT2D eigenvalue weighted by molar-refractivity contribution is 9.09. The van der Waals surface area contributed by atoms with Crippen LogP contribution in [0.5, 0.6) is 0 Å². The number of nitro benzene ring substituents is 1. The maximum atomic E-state index is 13.4. The minimum Gasteiger partial charge on any atom is -0.465 e. The van der Waals surface area contributed by atoms with Crippen LogP contribution >= 0.6 is 15.9 Å². The summed E-state index contributed by atoms with van der Waals surface area (Å²) >= 11 is 3.45. The molecule has 1 heterocycles. The van der Waals surface area contributed by atoms with Crippen molar-refractivity contribution in [3.8, 4) is 0 Å². The molecule has 0 aromatic heterocycles. The zero-order valence-electron chi connectivity index (χ0n) is 20.6. The Morgan fingerprint density at radius 1 is 1.11 bits per heavy atom. The first-order valence-corrected chi connectivity index (χ1v) is 13.5. The van der Waals surface area contributed by atoms with Crippen LogP contribution in [0.1, 0.15) is 83.1 Å². The number of carbonyl (C=O) groups is 2. The van der Waals surface area contributed by atoms with Crippen molar-refractivity contribution < 1.29 is 19.2 Å². The van der Waals surface area contributed by atoms with Crippen LogP contribution < -0.4 is 5.73 Å². The summed E-state index contributed by atoms with van der Waals surface area (Å²) in [7, 11) is 0. The number of nitrogens with zero attached hydrogens (tertiary/aromatic N) is 2. The summed E-state index contributed by atoms with van der Waals surface area (Å²) < 4.78 is 5.23. The van der Waals surface area contributed by atoms with Gasteiger partial charge in [0.05, 0.1) is 11.5 Å². The van der Waals surface area contributed by atoms with Gasteiger partial charge in [-0.05, 0) is 32.3 Å². The molecule has 0 amide bonds. The number of Topliss-reactive ketones (excluding diaryl/α,β-unsaturated/α-hetero) is 1. The minimum absolute atomic E-state index is 0.0499.